The number of amides is 1. The molecule has 0 saturated carbocycles. The number of nitrogens with one attached hydrogen (secondary N) is 1. The summed E-state index contributed by atoms with van der Waals surface area (Å²) in [6.07, 6.45) is 3.10. The van der Waals surface area contributed by atoms with Crippen LogP contribution in [0.2, 0.25) is 0 Å². The maximum absolute atomic E-state index is 12.7. The van der Waals surface area contributed by atoms with Gasteiger partial charge in [0.15, 0.2) is 0 Å². The van der Waals surface area contributed by atoms with Crippen LogP contribution in [0.15, 0.2) is 53.9 Å². The number of para-hydroxylation sites is 1. The molecule has 0 saturated heterocycles. The van der Waals surface area contributed by atoms with Crippen LogP contribution in [0.1, 0.15) is 34.0 Å². The summed E-state index contributed by atoms with van der Waals surface area (Å²) in [5, 5.41) is 5.16. The molecule has 1 heterocycles. The maximum atomic E-state index is 12.7. The first kappa shape index (κ1) is 22.3. The first-order chi connectivity index (χ1) is 14.9. The molecule has 5 nitrogen and oxygen atoms in total. The second-order valence-corrected chi connectivity index (χ2v) is 7.82. The lowest BCUT2D eigenvalue weighted by Gasteiger charge is -2.09. The van der Waals surface area contributed by atoms with E-state index in [1.807, 2.05) is 61.7 Å². The van der Waals surface area contributed by atoms with Gasteiger partial charge in [-0.1, -0.05) is 36.4 Å². The minimum absolute atomic E-state index is 0.252. The summed E-state index contributed by atoms with van der Waals surface area (Å²) in [5.41, 5.74) is 5.11. The van der Waals surface area contributed by atoms with Crippen molar-refractivity contribution in [3.8, 4) is 16.9 Å². The number of esters is 1. The van der Waals surface area contributed by atoms with Gasteiger partial charge in [-0.25, -0.2) is 4.79 Å². The van der Waals surface area contributed by atoms with E-state index < -0.39 is 5.97 Å². The number of hydrogen-bond donors (Lipinski definition) is 1. The van der Waals surface area contributed by atoms with Crippen molar-refractivity contribution in [1.82, 2.24) is 0 Å². The van der Waals surface area contributed by atoms with Crippen molar-refractivity contribution in [1.29, 1.82) is 0 Å². The van der Waals surface area contributed by atoms with E-state index in [0.717, 1.165) is 22.3 Å². The fourth-order valence-electron chi connectivity index (χ4n) is 3.10. The Morgan fingerprint density at radius 3 is 2.58 bits per heavy atom. The quantitative estimate of drug-likeness (QED) is 0.372. The minimum Gasteiger partial charge on any atom is -0.496 e. The highest BCUT2D eigenvalue weighted by molar-refractivity contribution is 7.15. The van der Waals surface area contributed by atoms with Gasteiger partial charge in [-0.2, -0.15) is 0 Å². The van der Waals surface area contributed by atoms with Crippen LogP contribution in [-0.2, 0) is 9.53 Å². The van der Waals surface area contributed by atoms with Crippen molar-refractivity contribution in [2.75, 3.05) is 19.0 Å². The fraction of sp³-hybridized carbons (Fsp3) is 0.200. The molecule has 0 fully saturated rings. The Bertz CT molecular complexity index is 1130. The monoisotopic (exact) mass is 435 g/mol. The molecule has 0 radical (unpaired) electrons. The number of rotatable bonds is 7. The van der Waals surface area contributed by atoms with Crippen LogP contribution < -0.4 is 10.1 Å². The predicted octanol–water partition coefficient (Wildman–Crippen LogP) is 5.87. The summed E-state index contributed by atoms with van der Waals surface area (Å²) in [4.78, 5) is 25.3. The van der Waals surface area contributed by atoms with Crippen molar-refractivity contribution in [2.45, 2.75) is 20.8 Å². The van der Waals surface area contributed by atoms with Crippen LogP contribution in [0.4, 0.5) is 5.00 Å². The summed E-state index contributed by atoms with van der Waals surface area (Å²) in [6.45, 7) is 6.08. The van der Waals surface area contributed by atoms with Crippen molar-refractivity contribution >= 4 is 34.3 Å². The minimum atomic E-state index is -0.457. The molecule has 1 N–H and O–H groups in total. The average Bonchev–Trinajstić information content (AvgIpc) is 3.18. The number of aryl methyl sites for hydroxylation is 2. The lowest BCUT2D eigenvalue weighted by Crippen LogP contribution is -2.12. The van der Waals surface area contributed by atoms with E-state index in [9.17, 15) is 9.59 Å². The van der Waals surface area contributed by atoms with E-state index in [1.54, 1.807) is 20.1 Å². The van der Waals surface area contributed by atoms with Crippen LogP contribution in [0.3, 0.4) is 0 Å². The number of hydrogen-bond acceptors (Lipinski definition) is 5. The molecule has 31 heavy (non-hydrogen) atoms. The van der Waals surface area contributed by atoms with Gasteiger partial charge in [-0.15, -0.1) is 11.3 Å². The van der Waals surface area contributed by atoms with Gasteiger partial charge in [0.1, 0.15) is 16.3 Å². The van der Waals surface area contributed by atoms with E-state index in [0.29, 0.717) is 16.3 Å². The molecular formula is C25H25NO4S. The largest absolute Gasteiger partial charge is 0.496 e. The Morgan fingerprint density at radius 2 is 1.87 bits per heavy atom. The Labute approximate surface area is 186 Å². The molecule has 0 aliphatic rings. The third-order valence-electron chi connectivity index (χ3n) is 4.88. The molecule has 0 aliphatic carbocycles. The lowest BCUT2D eigenvalue weighted by molar-refractivity contribution is -0.111. The maximum Gasteiger partial charge on any atom is 0.341 e. The van der Waals surface area contributed by atoms with E-state index in [1.165, 1.54) is 23.0 Å². The Hall–Kier alpha value is -3.38. The zero-order valence-corrected chi connectivity index (χ0v) is 18.8. The van der Waals surface area contributed by atoms with Gasteiger partial charge in [0.2, 0.25) is 5.91 Å². The van der Waals surface area contributed by atoms with Crippen molar-refractivity contribution in [2.24, 2.45) is 0 Å². The van der Waals surface area contributed by atoms with Crippen LogP contribution >= 0.6 is 11.3 Å². The number of carbonyl (C=O) groups excluding carboxylic acids is 2. The summed E-state index contributed by atoms with van der Waals surface area (Å²) in [6, 6.07) is 13.4. The molecule has 3 aromatic rings. The lowest BCUT2D eigenvalue weighted by atomic mass is 9.99. The zero-order valence-electron chi connectivity index (χ0n) is 18.0. The highest BCUT2D eigenvalue weighted by Crippen LogP contribution is 2.37. The summed E-state index contributed by atoms with van der Waals surface area (Å²) in [7, 11) is 1.58. The van der Waals surface area contributed by atoms with Gasteiger partial charge < -0.3 is 14.8 Å². The van der Waals surface area contributed by atoms with Crippen LogP contribution in [0, 0.1) is 13.8 Å². The van der Waals surface area contributed by atoms with Crippen LogP contribution in [0.25, 0.3) is 17.2 Å². The Morgan fingerprint density at radius 1 is 1.10 bits per heavy atom. The average molecular weight is 436 g/mol. The smallest absolute Gasteiger partial charge is 0.341 e. The van der Waals surface area contributed by atoms with Crippen LogP contribution in [-0.4, -0.2) is 25.6 Å². The summed E-state index contributed by atoms with van der Waals surface area (Å²) < 4.78 is 10.6. The first-order valence-electron chi connectivity index (χ1n) is 9.93. The predicted molar refractivity (Wildman–Crippen MR) is 126 cm³/mol. The number of carbonyl (C=O) groups is 2. The molecule has 1 amide bonds. The molecule has 0 spiro atoms. The van der Waals surface area contributed by atoms with Crippen LogP contribution in [0.5, 0.6) is 5.75 Å². The molecular weight excluding hydrogens is 410 g/mol. The number of methoxy groups -OCH3 is 1. The fourth-order valence-corrected chi connectivity index (χ4v) is 4.06. The summed E-state index contributed by atoms with van der Waals surface area (Å²) >= 11 is 1.30. The second-order valence-electron chi connectivity index (χ2n) is 6.94. The molecule has 0 atom stereocenters. The van der Waals surface area contributed by atoms with E-state index in [-0.39, 0.29) is 12.5 Å². The third-order valence-corrected chi connectivity index (χ3v) is 5.77. The van der Waals surface area contributed by atoms with Gasteiger partial charge in [0.05, 0.1) is 13.7 Å². The second kappa shape index (κ2) is 10.1. The SMILES string of the molecule is CCOC(=O)c1c(-c2ccc(C)c(C)c2)csc1NC(=O)/C=C/c1ccccc1OC. The first-order valence-corrected chi connectivity index (χ1v) is 10.8. The van der Waals surface area contributed by atoms with E-state index in [4.69, 9.17) is 9.47 Å². The van der Waals surface area contributed by atoms with Gasteiger partial charge in [0.25, 0.3) is 0 Å². The van der Waals surface area contributed by atoms with Crippen molar-refractivity contribution in [3.05, 3.63) is 76.2 Å². The Balaban J connectivity index is 1.91. The standard InChI is InChI=1S/C25H25NO4S/c1-5-30-25(28)23-20(19-11-10-16(2)17(3)14-19)15-31-24(23)26-22(27)13-12-18-8-6-7-9-21(18)29-4/h6-15H,5H2,1-4H3,(H,26,27)/b13-12+. The molecule has 1 aromatic heterocycles. The van der Waals surface area contributed by atoms with Gasteiger partial charge >= 0.3 is 5.97 Å². The number of anilines is 1. The normalized spacial score (nSPS) is 10.8. The van der Waals surface area contributed by atoms with Gasteiger partial charge in [-0.05, 0) is 49.6 Å². The van der Waals surface area contributed by atoms with Gasteiger partial charge in [-0.3, -0.25) is 4.79 Å². The van der Waals surface area contributed by atoms with Crippen molar-refractivity contribution in [3.63, 3.8) is 0 Å². The van der Waals surface area contributed by atoms with Gasteiger partial charge in [0, 0.05) is 22.6 Å². The van der Waals surface area contributed by atoms with E-state index in [2.05, 4.69) is 5.32 Å². The Kier molecular flexibility index (Phi) is 7.26. The highest BCUT2D eigenvalue weighted by atomic mass is 32.1. The van der Waals surface area contributed by atoms with E-state index >= 15 is 0 Å². The molecule has 0 bridgehead atoms. The summed E-state index contributed by atoms with van der Waals surface area (Å²) in [5.74, 6) is -0.127. The highest BCUT2D eigenvalue weighted by Gasteiger charge is 2.22. The van der Waals surface area contributed by atoms with Crippen molar-refractivity contribution < 1.29 is 19.1 Å². The molecule has 3 rings (SSSR count). The molecule has 2 aromatic carbocycles. The molecule has 0 unspecified atom stereocenters. The topological polar surface area (TPSA) is 64.6 Å². The number of thiophene rings is 1. The number of benzene rings is 2. The molecule has 6 heteroatoms. The molecule has 0 aliphatic heterocycles. The third kappa shape index (κ3) is 5.22. The zero-order chi connectivity index (χ0) is 22.4. The number of ether oxygens (including phenoxy) is 2. The molecule has 160 valence electrons.